The lowest BCUT2D eigenvalue weighted by Crippen LogP contribution is -2.45. The minimum Gasteiger partial charge on any atom is -0.368 e. The summed E-state index contributed by atoms with van der Waals surface area (Å²) in [6.07, 6.45) is 3.41. The fourth-order valence-electron chi connectivity index (χ4n) is 1.93. The lowest BCUT2D eigenvalue weighted by molar-refractivity contribution is -0.119. The normalized spacial score (nSPS) is 11.7. The zero-order valence-electron chi connectivity index (χ0n) is 11.7. The minimum atomic E-state index is -0.742. The second-order valence-corrected chi connectivity index (χ2v) is 4.85. The van der Waals surface area contributed by atoms with Crippen LogP contribution >= 0.6 is 0 Å². The van der Waals surface area contributed by atoms with Crippen molar-refractivity contribution in [3.63, 3.8) is 0 Å². The summed E-state index contributed by atoms with van der Waals surface area (Å²) in [7, 11) is 0. The summed E-state index contributed by atoms with van der Waals surface area (Å²) >= 11 is 0. The Kier molecular flexibility index (Phi) is 4.66. The molecule has 2 amide bonds. The molecule has 0 aliphatic rings. The number of benzene rings is 1. The monoisotopic (exact) mass is 283 g/mol. The average Bonchev–Trinajstić information content (AvgIpc) is 2.49. The summed E-state index contributed by atoms with van der Waals surface area (Å²) in [6.45, 7) is 1.99. The van der Waals surface area contributed by atoms with Gasteiger partial charge < -0.3 is 11.1 Å². The first-order valence-corrected chi connectivity index (χ1v) is 6.62. The van der Waals surface area contributed by atoms with Crippen LogP contribution in [0.5, 0.6) is 0 Å². The van der Waals surface area contributed by atoms with E-state index in [9.17, 15) is 9.59 Å². The molecule has 1 heterocycles. The Balaban J connectivity index is 2.07. The number of amides is 2. The molecule has 2 rings (SSSR count). The van der Waals surface area contributed by atoms with Crippen LogP contribution in [0.1, 0.15) is 21.5 Å². The zero-order valence-corrected chi connectivity index (χ0v) is 11.7. The van der Waals surface area contributed by atoms with Crippen molar-refractivity contribution < 1.29 is 9.59 Å². The SMILES string of the molecule is Cc1ccc(C[C@H](NC(=O)c2ccncc2)C(N)=O)cc1. The third kappa shape index (κ3) is 4.14. The van der Waals surface area contributed by atoms with Crippen LogP contribution in [-0.4, -0.2) is 22.8 Å². The lowest BCUT2D eigenvalue weighted by atomic mass is 10.0. The van der Waals surface area contributed by atoms with Crippen molar-refractivity contribution in [3.8, 4) is 0 Å². The molecule has 0 fully saturated rings. The van der Waals surface area contributed by atoms with Crippen molar-refractivity contribution in [1.82, 2.24) is 10.3 Å². The number of nitrogens with zero attached hydrogens (tertiary/aromatic N) is 1. The molecule has 1 aromatic carbocycles. The molecule has 5 nitrogen and oxygen atoms in total. The van der Waals surface area contributed by atoms with Crippen LogP contribution in [0.15, 0.2) is 48.8 Å². The van der Waals surface area contributed by atoms with Crippen molar-refractivity contribution in [2.45, 2.75) is 19.4 Å². The van der Waals surface area contributed by atoms with Gasteiger partial charge >= 0.3 is 0 Å². The molecule has 21 heavy (non-hydrogen) atoms. The second kappa shape index (κ2) is 6.65. The third-order valence-electron chi connectivity index (χ3n) is 3.15. The quantitative estimate of drug-likeness (QED) is 0.865. The van der Waals surface area contributed by atoms with Crippen LogP contribution in [0.3, 0.4) is 0 Å². The van der Waals surface area contributed by atoms with E-state index in [2.05, 4.69) is 10.3 Å². The van der Waals surface area contributed by atoms with Gasteiger partial charge in [0.15, 0.2) is 0 Å². The molecule has 108 valence electrons. The first-order valence-electron chi connectivity index (χ1n) is 6.62. The molecular formula is C16H17N3O2. The number of pyridine rings is 1. The van der Waals surface area contributed by atoms with E-state index in [0.29, 0.717) is 12.0 Å². The van der Waals surface area contributed by atoms with E-state index >= 15 is 0 Å². The maximum Gasteiger partial charge on any atom is 0.252 e. The summed E-state index contributed by atoms with van der Waals surface area (Å²) in [5, 5.41) is 2.65. The van der Waals surface area contributed by atoms with Crippen LogP contribution in [0, 0.1) is 6.92 Å². The van der Waals surface area contributed by atoms with Crippen LogP contribution in [0.2, 0.25) is 0 Å². The molecule has 0 spiro atoms. The van der Waals surface area contributed by atoms with E-state index in [1.54, 1.807) is 12.1 Å². The first-order chi connectivity index (χ1) is 10.1. The number of aromatic nitrogens is 1. The highest BCUT2D eigenvalue weighted by Gasteiger charge is 2.19. The zero-order chi connectivity index (χ0) is 15.2. The van der Waals surface area contributed by atoms with E-state index in [1.165, 1.54) is 12.4 Å². The van der Waals surface area contributed by atoms with Crippen LogP contribution in [-0.2, 0) is 11.2 Å². The summed E-state index contributed by atoms with van der Waals surface area (Å²) < 4.78 is 0. The number of carbonyl (C=O) groups excluding carboxylic acids is 2. The number of nitrogens with two attached hydrogens (primary N) is 1. The molecule has 0 unspecified atom stereocenters. The molecular weight excluding hydrogens is 266 g/mol. The van der Waals surface area contributed by atoms with Gasteiger partial charge in [-0.2, -0.15) is 0 Å². The number of aryl methyl sites for hydroxylation is 1. The first kappa shape index (κ1) is 14.7. The van der Waals surface area contributed by atoms with Gasteiger partial charge in [-0.3, -0.25) is 14.6 Å². The van der Waals surface area contributed by atoms with E-state index in [4.69, 9.17) is 5.73 Å². The standard InChI is InChI=1S/C16H17N3O2/c1-11-2-4-12(5-3-11)10-14(15(17)20)19-16(21)13-6-8-18-9-7-13/h2-9,14H,10H2,1H3,(H2,17,20)(H,19,21)/t14-/m0/s1. The number of hydrogen-bond acceptors (Lipinski definition) is 3. The Morgan fingerprint density at radius 2 is 1.76 bits per heavy atom. The Morgan fingerprint density at radius 1 is 1.14 bits per heavy atom. The number of rotatable bonds is 5. The summed E-state index contributed by atoms with van der Waals surface area (Å²) in [5.74, 6) is -0.897. The maximum atomic E-state index is 12.1. The Morgan fingerprint density at radius 3 is 2.33 bits per heavy atom. The van der Waals surface area contributed by atoms with E-state index < -0.39 is 11.9 Å². The van der Waals surface area contributed by atoms with Gasteiger partial charge in [0.05, 0.1) is 0 Å². The van der Waals surface area contributed by atoms with Gasteiger partial charge in [0.25, 0.3) is 5.91 Å². The summed E-state index contributed by atoms with van der Waals surface area (Å²) in [5.41, 5.74) is 7.90. The molecule has 0 aliphatic heterocycles. The highest BCUT2D eigenvalue weighted by Crippen LogP contribution is 2.07. The fourth-order valence-corrected chi connectivity index (χ4v) is 1.93. The summed E-state index contributed by atoms with van der Waals surface area (Å²) in [4.78, 5) is 27.4. The van der Waals surface area contributed by atoms with Gasteiger partial charge in [-0.15, -0.1) is 0 Å². The van der Waals surface area contributed by atoms with Crippen LogP contribution < -0.4 is 11.1 Å². The fraction of sp³-hybridized carbons (Fsp3) is 0.188. The van der Waals surface area contributed by atoms with E-state index in [0.717, 1.165) is 11.1 Å². The van der Waals surface area contributed by atoms with Gasteiger partial charge in [-0.05, 0) is 24.6 Å². The Bertz CT molecular complexity index is 624. The molecule has 0 radical (unpaired) electrons. The number of hydrogen-bond donors (Lipinski definition) is 2. The molecule has 5 heteroatoms. The maximum absolute atomic E-state index is 12.1. The highest BCUT2D eigenvalue weighted by atomic mass is 16.2. The molecule has 1 atom stereocenters. The molecule has 0 aliphatic carbocycles. The number of carbonyl (C=O) groups is 2. The van der Waals surface area contributed by atoms with E-state index in [-0.39, 0.29) is 5.91 Å². The molecule has 0 saturated carbocycles. The van der Waals surface area contributed by atoms with Crippen LogP contribution in [0.4, 0.5) is 0 Å². The molecule has 2 aromatic rings. The third-order valence-corrected chi connectivity index (χ3v) is 3.15. The second-order valence-electron chi connectivity index (χ2n) is 4.85. The number of primary amides is 1. The van der Waals surface area contributed by atoms with Crippen LogP contribution in [0.25, 0.3) is 0 Å². The van der Waals surface area contributed by atoms with Crippen molar-refractivity contribution in [1.29, 1.82) is 0 Å². The summed E-state index contributed by atoms with van der Waals surface area (Å²) in [6, 6.07) is 10.2. The van der Waals surface area contributed by atoms with Gasteiger partial charge in [0, 0.05) is 24.4 Å². The van der Waals surface area contributed by atoms with Gasteiger partial charge in [0.1, 0.15) is 6.04 Å². The Hall–Kier alpha value is -2.69. The smallest absolute Gasteiger partial charge is 0.252 e. The highest BCUT2D eigenvalue weighted by molar-refractivity contribution is 5.97. The predicted molar refractivity (Wildman–Crippen MR) is 79.6 cm³/mol. The molecule has 0 saturated heterocycles. The van der Waals surface area contributed by atoms with Crippen molar-refractivity contribution in [2.24, 2.45) is 5.73 Å². The largest absolute Gasteiger partial charge is 0.368 e. The van der Waals surface area contributed by atoms with Crippen molar-refractivity contribution >= 4 is 11.8 Å². The van der Waals surface area contributed by atoms with Crippen molar-refractivity contribution in [2.75, 3.05) is 0 Å². The van der Waals surface area contributed by atoms with Gasteiger partial charge in [-0.1, -0.05) is 29.8 Å². The lowest BCUT2D eigenvalue weighted by Gasteiger charge is -2.15. The molecule has 3 N–H and O–H groups in total. The molecule has 1 aromatic heterocycles. The number of nitrogens with one attached hydrogen (secondary N) is 1. The topological polar surface area (TPSA) is 85.1 Å². The van der Waals surface area contributed by atoms with Crippen molar-refractivity contribution in [3.05, 3.63) is 65.5 Å². The Labute approximate surface area is 123 Å². The van der Waals surface area contributed by atoms with E-state index in [1.807, 2.05) is 31.2 Å². The van der Waals surface area contributed by atoms with Gasteiger partial charge in [-0.25, -0.2) is 0 Å². The average molecular weight is 283 g/mol. The molecule has 0 bridgehead atoms. The minimum absolute atomic E-state index is 0.340. The van der Waals surface area contributed by atoms with Gasteiger partial charge in [0.2, 0.25) is 5.91 Å². The predicted octanol–water partition coefficient (Wildman–Crippen LogP) is 1.22.